The number of carbonyl (C=O) groups is 1. The van der Waals surface area contributed by atoms with Gasteiger partial charge >= 0.3 is 5.97 Å². The maximum Gasteiger partial charge on any atom is 0.306 e. The van der Waals surface area contributed by atoms with Crippen LogP contribution in [0.5, 0.6) is 0 Å². The molecule has 0 heterocycles. The van der Waals surface area contributed by atoms with Crippen molar-refractivity contribution in [2.45, 2.75) is 59.4 Å². The highest BCUT2D eigenvalue weighted by Crippen LogP contribution is 2.09. The lowest BCUT2D eigenvalue weighted by molar-refractivity contribution is -0.141. The fourth-order valence-electron chi connectivity index (χ4n) is 1.75. The summed E-state index contributed by atoms with van der Waals surface area (Å²) in [5.41, 5.74) is 0. The molecule has 19 heavy (non-hydrogen) atoms. The first-order valence-electron chi connectivity index (χ1n) is 7.47. The Kier molecular flexibility index (Phi) is 10.9. The third kappa shape index (κ3) is 12.2. The van der Waals surface area contributed by atoms with Crippen LogP contribution in [0.15, 0.2) is 0 Å². The van der Waals surface area contributed by atoms with Crippen molar-refractivity contribution in [3.05, 3.63) is 0 Å². The van der Waals surface area contributed by atoms with Crippen molar-refractivity contribution in [1.29, 1.82) is 0 Å². The summed E-state index contributed by atoms with van der Waals surface area (Å²) in [5.74, 6) is -0.228. The Bertz CT molecular complexity index is 231. The molecular formula is C15H31NO3. The third-order valence-corrected chi connectivity index (χ3v) is 3.27. The number of nitrogens with one attached hydrogen (secondary N) is 1. The summed E-state index contributed by atoms with van der Waals surface area (Å²) in [5, 5.41) is 12.2. The van der Waals surface area contributed by atoms with Crippen LogP contribution in [-0.2, 0) is 9.53 Å². The normalized spacial score (nSPS) is 14.6. The average Bonchev–Trinajstić information content (AvgIpc) is 2.32. The average molecular weight is 273 g/mol. The van der Waals surface area contributed by atoms with Gasteiger partial charge in [-0.3, -0.25) is 4.79 Å². The molecule has 114 valence electrons. The highest BCUT2D eigenvalue weighted by atomic mass is 16.5. The number of carboxylic acids is 1. The molecule has 0 aromatic carbocycles. The van der Waals surface area contributed by atoms with Crippen molar-refractivity contribution in [3.63, 3.8) is 0 Å². The van der Waals surface area contributed by atoms with E-state index in [0.717, 1.165) is 45.4 Å². The van der Waals surface area contributed by atoms with Crippen LogP contribution < -0.4 is 5.32 Å². The second-order valence-corrected chi connectivity index (χ2v) is 5.82. The smallest absolute Gasteiger partial charge is 0.306 e. The Morgan fingerprint density at radius 2 is 1.79 bits per heavy atom. The molecule has 0 aromatic heterocycles. The molecule has 0 bridgehead atoms. The minimum atomic E-state index is -0.695. The zero-order valence-corrected chi connectivity index (χ0v) is 12.9. The molecule has 2 unspecified atom stereocenters. The monoisotopic (exact) mass is 273 g/mol. The van der Waals surface area contributed by atoms with E-state index in [4.69, 9.17) is 9.84 Å². The molecule has 4 heteroatoms. The predicted molar refractivity (Wildman–Crippen MR) is 78.4 cm³/mol. The Labute approximate surface area is 117 Å². The van der Waals surface area contributed by atoms with E-state index < -0.39 is 5.97 Å². The first-order chi connectivity index (χ1) is 8.93. The maximum atomic E-state index is 10.7. The molecule has 0 saturated carbocycles. The number of hydrogen-bond donors (Lipinski definition) is 2. The van der Waals surface area contributed by atoms with E-state index in [0.29, 0.717) is 12.0 Å². The van der Waals surface area contributed by atoms with Gasteiger partial charge in [0, 0.05) is 19.2 Å². The molecule has 0 aromatic rings. The lowest BCUT2D eigenvalue weighted by Crippen LogP contribution is -2.29. The molecule has 0 saturated heterocycles. The number of ether oxygens (including phenoxy) is 1. The zero-order valence-electron chi connectivity index (χ0n) is 12.9. The molecule has 0 aliphatic rings. The second kappa shape index (κ2) is 11.2. The molecular weight excluding hydrogens is 242 g/mol. The van der Waals surface area contributed by atoms with E-state index in [1.807, 2.05) is 0 Å². The van der Waals surface area contributed by atoms with Gasteiger partial charge in [0.2, 0.25) is 0 Å². The van der Waals surface area contributed by atoms with Crippen molar-refractivity contribution in [1.82, 2.24) is 5.32 Å². The first-order valence-corrected chi connectivity index (χ1v) is 7.47. The van der Waals surface area contributed by atoms with E-state index >= 15 is 0 Å². The molecule has 0 aliphatic carbocycles. The highest BCUT2D eigenvalue weighted by molar-refractivity contribution is 5.69. The van der Waals surface area contributed by atoms with Crippen molar-refractivity contribution < 1.29 is 14.6 Å². The first kappa shape index (κ1) is 18.4. The predicted octanol–water partition coefficient (Wildman–Crippen LogP) is 2.92. The van der Waals surface area contributed by atoms with Gasteiger partial charge in [0.05, 0.1) is 12.5 Å². The van der Waals surface area contributed by atoms with Crippen LogP contribution >= 0.6 is 0 Å². The van der Waals surface area contributed by atoms with Crippen LogP contribution in [0.25, 0.3) is 0 Å². The zero-order chi connectivity index (χ0) is 14.7. The molecule has 0 rings (SSSR count). The van der Waals surface area contributed by atoms with Crippen LogP contribution in [0.2, 0.25) is 0 Å². The van der Waals surface area contributed by atoms with E-state index in [-0.39, 0.29) is 5.92 Å². The second-order valence-electron chi connectivity index (χ2n) is 5.82. The summed E-state index contributed by atoms with van der Waals surface area (Å²) in [6.07, 6.45) is 3.84. The Hall–Kier alpha value is -0.610. The van der Waals surface area contributed by atoms with Gasteiger partial charge in [0.25, 0.3) is 0 Å². The van der Waals surface area contributed by atoms with Gasteiger partial charge in [0.15, 0.2) is 0 Å². The fourth-order valence-corrected chi connectivity index (χ4v) is 1.75. The van der Waals surface area contributed by atoms with Gasteiger partial charge in [-0.25, -0.2) is 0 Å². The Balaban J connectivity index is 3.35. The van der Waals surface area contributed by atoms with Crippen LogP contribution in [0.3, 0.4) is 0 Å². The summed E-state index contributed by atoms with van der Waals surface area (Å²) in [4.78, 5) is 10.7. The molecule has 0 amide bonds. The molecule has 2 N–H and O–H groups in total. The summed E-state index contributed by atoms with van der Waals surface area (Å²) in [6, 6.07) is 0.426. The van der Waals surface area contributed by atoms with Gasteiger partial charge in [-0.1, -0.05) is 27.2 Å². The molecule has 0 aliphatic heterocycles. The number of rotatable bonds is 12. The minimum Gasteiger partial charge on any atom is -0.481 e. The SMILES string of the molecule is CC(C)CCOCCNC(C)CCCC(C)C(=O)O. The van der Waals surface area contributed by atoms with E-state index in [2.05, 4.69) is 26.1 Å². The summed E-state index contributed by atoms with van der Waals surface area (Å²) < 4.78 is 5.53. The number of aliphatic carboxylic acids is 1. The highest BCUT2D eigenvalue weighted by Gasteiger charge is 2.10. The summed E-state index contributed by atoms with van der Waals surface area (Å²) in [7, 11) is 0. The van der Waals surface area contributed by atoms with E-state index in [1.165, 1.54) is 0 Å². The van der Waals surface area contributed by atoms with Crippen LogP contribution in [-0.4, -0.2) is 36.9 Å². The van der Waals surface area contributed by atoms with Crippen LogP contribution in [0, 0.1) is 11.8 Å². The van der Waals surface area contributed by atoms with Crippen molar-refractivity contribution in [2.24, 2.45) is 11.8 Å². The van der Waals surface area contributed by atoms with Gasteiger partial charge in [-0.15, -0.1) is 0 Å². The Morgan fingerprint density at radius 1 is 1.11 bits per heavy atom. The van der Waals surface area contributed by atoms with Gasteiger partial charge in [0.1, 0.15) is 0 Å². The van der Waals surface area contributed by atoms with Crippen LogP contribution in [0.4, 0.5) is 0 Å². The Morgan fingerprint density at radius 3 is 2.37 bits per heavy atom. The van der Waals surface area contributed by atoms with Gasteiger partial charge < -0.3 is 15.2 Å². The standard InChI is InChI=1S/C15H31NO3/c1-12(2)8-10-19-11-9-16-14(4)7-5-6-13(3)15(17)18/h12-14,16H,5-11H2,1-4H3,(H,17,18). The molecule has 0 fully saturated rings. The molecule has 0 spiro atoms. The lowest BCUT2D eigenvalue weighted by Gasteiger charge is -2.14. The largest absolute Gasteiger partial charge is 0.481 e. The van der Waals surface area contributed by atoms with Gasteiger partial charge in [-0.2, -0.15) is 0 Å². The number of carboxylic acid groups (broad SMARTS) is 1. The third-order valence-electron chi connectivity index (χ3n) is 3.27. The molecule has 0 radical (unpaired) electrons. The maximum absolute atomic E-state index is 10.7. The van der Waals surface area contributed by atoms with E-state index in [9.17, 15) is 4.79 Å². The van der Waals surface area contributed by atoms with Gasteiger partial charge in [-0.05, 0) is 32.1 Å². The van der Waals surface area contributed by atoms with Crippen molar-refractivity contribution in [2.75, 3.05) is 19.8 Å². The lowest BCUT2D eigenvalue weighted by atomic mass is 10.0. The summed E-state index contributed by atoms with van der Waals surface area (Å²) >= 11 is 0. The van der Waals surface area contributed by atoms with Crippen molar-refractivity contribution >= 4 is 5.97 Å². The minimum absolute atomic E-state index is 0.230. The van der Waals surface area contributed by atoms with Crippen LogP contribution in [0.1, 0.15) is 53.4 Å². The number of hydrogen-bond acceptors (Lipinski definition) is 3. The van der Waals surface area contributed by atoms with Crippen molar-refractivity contribution in [3.8, 4) is 0 Å². The summed E-state index contributed by atoms with van der Waals surface area (Å²) in [6.45, 7) is 10.8. The fraction of sp³-hybridized carbons (Fsp3) is 0.933. The topological polar surface area (TPSA) is 58.6 Å². The van der Waals surface area contributed by atoms with E-state index in [1.54, 1.807) is 6.92 Å². The molecule has 2 atom stereocenters. The molecule has 4 nitrogen and oxygen atoms in total. The quantitative estimate of drug-likeness (QED) is 0.537.